The molecule has 2 rings (SSSR count). The smallest absolute Gasteiger partial charge is 0.133 e. The Hall–Kier alpha value is -1.68. The van der Waals surface area contributed by atoms with Crippen LogP contribution in [-0.2, 0) is 0 Å². The van der Waals surface area contributed by atoms with Crippen molar-refractivity contribution in [3.63, 3.8) is 0 Å². The molecule has 18 heavy (non-hydrogen) atoms. The van der Waals surface area contributed by atoms with Crippen molar-refractivity contribution >= 4 is 16.6 Å². The predicted octanol–water partition coefficient (Wildman–Crippen LogP) is 2.74. The molecule has 0 saturated carbocycles. The van der Waals surface area contributed by atoms with Crippen LogP contribution in [-0.4, -0.2) is 36.6 Å². The first-order chi connectivity index (χ1) is 8.70. The number of halogens is 1. The van der Waals surface area contributed by atoms with Crippen LogP contribution in [0.2, 0.25) is 0 Å². The van der Waals surface area contributed by atoms with Crippen molar-refractivity contribution in [1.82, 2.24) is 9.88 Å². The number of nitrogens with one attached hydrogen (secondary N) is 1. The number of likely N-dealkylation sites (N-methyl/N-ethyl adjacent to an activating group) is 1. The fourth-order valence-electron chi connectivity index (χ4n) is 1.81. The van der Waals surface area contributed by atoms with Crippen LogP contribution in [0, 0.1) is 5.82 Å². The maximum Gasteiger partial charge on any atom is 0.133 e. The highest BCUT2D eigenvalue weighted by molar-refractivity contribution is 5.91. The van der Waals surface area contributed by atoms with Gasteiger partial charge >= 0.3 is 0 Å². The first-order valence-electron chi connectivity index (χ1n) is 6.17. The molecule has 0 saturated heterocycles. The molecule has 2 aromatic rings. The molecule has 0 fully saturated rings. The summed E-state index contributed by atoms with van der Waals surface area (Å²) in [6, 6.07) is 6.58. The molecule has 1 aromatic carbocycles. The van der Waals surface area contributed by atoms with E-state index in [2.05, 4.69) is 29.2 Å². The van der Waals surface area contributed by atoms with E-state index in [0.717, 1.165) is 36.2 Å². The second-order valence-electron chi connectivity index (χ2n) is 4.35. The summed E-state index contributed by atoms with van der Waals surface area (Å²) in [6.07, 6.45) is 1.70. The number of nitrogens with zero attached hydrogens (tertiary/aromatic N) is 2. The lowest BCUT2D eigenvalue weighted by Gasteiger charge is -2.15. The van der Waals surface area contributed by atoms with Gasteiger partial charge in [0.1, 0.15) is 11.6 Å². The van der Waals surface area contributed by atoms with Gasteiger partial charge in [-0.2, -0.15) is 0 Å². The van der Waals surface area contributed by atoms with Crippen molar-refractivity contribution in [3.05, 3.63) is 36.3 Å². The quantitative estimate of drug-likeness (QED) is 0.880. The van der Waals surface area contributed by atoms with E-state index < -0.39 is 0 Å². The Morgan fingerprint density at radius 1 is 1.33 bits per heavy atom. The lowest BCUT2D eigenvalue weighted by atomic mass is 10.1. The van der Waals surface area contributed by atoms with E-state index in [9.17, 15) is 4.39 Å². The summed E-state index contributed by atoms with van der Waals surface area (Å²) in [7, 11) is 2.08. The lowest BCUT2D eigenvalue weighted by molar-refractivity contribution is 0.367. The summed E-state index contributed by atoms with van der Waals surface area (Å²) < 4.78 is 13.1. The third-order valence-electron chi connectivity index (χ3n) is 3.05. The second kappa shape index (κ2) is 5.78. The van der Waals surface area contributed by atoms with E-state index in [-0.39, 0.29) is 5.82 Å². The van der Waals surface area contributed by atoms with E-state index >= 15 is 0 Å². The van der Waals surface area contributed by atoms with Crippen LogP contribution in [0.25, 0.3) is 10.8 Å². The summed E-state index contributed by atoms with van der Waals surface area (Å²) in [4.78, 5) is 6.53. The molecule has 0 aliphatic heterocycles. The van der Waals surface area contributed by atoms with Crippen molar-refractivity contribution in [2.75, 3.05) is 32.0 Å². The van der Waals surface area contributed by atoms with Gasteiger partial charge in [-0.05, 0) is 43.2 Å². The van der Waals surface area contributed by atoms with Gasteiger partial charge in [0.15, 0.2) is 0 Å². The monoisotopic (exact) mass is 247 g/mol. The van der Waals surface area contributed by atoms with Gasteiger partial charge in [0, 0.05) is 24.7 Å². The van der Waals surface area contributed by atoms with E-state index in [0.29, 0.717) is 0 Å². The molecule has 0 atom stereocenters. The van der Waals surface area contributed by atoms with Crippen molar-refractivity contribution in [3.8, 4) is 0 Å². The largest absolute Gasteiger partial charge is 0.368 e. The second-order valence-corrected chi connectivity index (χ2v) is 4.35. The Morgan fingerprint density at radius 2 is 2.17 bits per heavy atom. The van der Waals surface area contributed by atoms with Crippen LogP contribution >= 0.6 is 0 Å². The summed E-state index contributed by atoms with van der Waals surface area (Å²) in [5, 5.41) is 5.13. The fourth-order valence-corrected chi connectivity index (χ4v) is 1.81. The molecule has 96 valence electrons. The number of benzene rings is 1. The minimum absolute atomic E-state index is 0.217. The molecule has 3 nitrogen and oxygen atoms in total. The minimum Gasteiger partial charge on any atom is -0.368 e. The number of anilines is 1. The van der Waals surface area contributed by atoms with Gasteiger partial charge in [0.05, 0.1) is 0 Å². The number of fused-ring (bicyclic) bond motifs is 1. The van der Waals surface area contributed by atoms with E-state index in [1.54, 1.807) is 12.3 Å². The molecular weight excluding hydrogens is 229 g/mol. The van der Waals surface area contributed by atoms with Crippen LogP contribution in [0.5, 0.6) is 0 Å². The van der Waals surface area contributed by atoms with Crippen molar-refractivity contribution < 1.29 is 4.39 Å². The first-order valence-corrected chi connectivity index (χ1v) is 6.17. The Morgan fingerprint density at radius 3 is 2.94 bits per heavy atom. The summed E-state index contributed by atoms with van der Waals surface area (Å²) >= 11 is 0. The molecule has 1 heterocycles. The predicted molar refractivity (Wildman–Crippen MR) is 73.4 cm³/mol. The van der Waals surface area contributed by atoms with Gasteiger partial charge in [-0.15, -0.1) is 0 Å². The number of aromatic nitrogens is 1. The highest BCUT2D eigenvalue weighted by Gasteiger charge is 2.03. The molecule has 0 bridgehead atoms. The third kappa shape index (κ3) is 2.96. The number of hydrogen-bond acceptors (Lipinski definition) is 3. The molecule has 0 radical (unpaired) electrons. The maximum atomic E-state index is 13.1. The van der Waals surface area contributed by atoms with Crippen LogP contribution in [0.4, 0.5) is 10.2 Å². The SMILES string of the molecule is CCN(C)CCNc1nccc2cc(F)ccc12. The van der Waals surface area contributed by atoms with Gasteiger partial charge in [0.2, 0.25) is 0 Å². The standard InChI is InChI=1S/C14H18FN3/c1-3-18(2)9-8-17-14-13-5-4-12(15)10-11(13)6-7-16-14/h4-7,10H,3,8-9H2,1-2H3,(H,16,17). The molecular formula is C14H18FN3. The Kier molecular flexibility index (Phi) is 4.10. The summed E-state index contributed by atoms with van der Waals surface area (Å²) in [5.41, 5.74) is 0. The van der Waals surface area contributed by atoms with Crippen molar-refractivity contribution in [2.45, 2.75) is 6.92 Å². The van der Waals surface area contributed by atoms with Crippen LogP contribution < -0.4 is 5.32 Å². The highest BCUT2D eigenvalue weighted by Crippen LogP contribution is 2.21. The zero-order chi connectivity index (χ0) is 13.0. The average molecular weight is 247 g/mol. The van der Waals surface area contributed by atoms with Gasteiger partial charge in [-0.1, -0.05) is 6.92 Å². The van der Waals surface area contributed by atoms with E-state index in [1.807, 2.05) is 6.07 Å². The Bertz CT molecular complexity index is 527. The zero-order valence-electron chi connectivity index (χ0n) is 10.8. The molecule has 0 unspecified atom stereocenters. The third-order valence-corrected chi connectivity index (χ3v) is 3.05. The Labute approximate surface area is 107 Å². The normalized spacial score (nSPS) is 11.1. The first kappa shape index (κ1) is 12.8. The van der Waals surface area contributed by atoms with Crippen LogP contribution in [0.3, 0.4) is 0 Å². The van der Waals surface area contributed by atoms with Crippen LogP contribution in [0.1, 0.15) is 6.92 Å². The van der Waals surface area contributed by atoms with Gasteiger partial charge in [0.25, 0.3) is 0 Å². The van der Waals surface area contributed by atoms with Crippen molar-refractivity contribution in [1.29, 1.82) is 0 Å². The van der Waals surface area contributed by atoms with E-state index in [1.165, 1.54) is 12.1 Å². The Balaban J connectivity index is 2.13. The van der Waals surface area contributed by atoms with Gasteiger partial charge in [-0.3, -0.25) is 0 Å². The number of pyridine rings is 1. The number of rotatable bonds is 5. The molecule has 0 amide bonds. The number of hydrogen-bond donors (Lipinski definition) is 1. The molecule has 1 N–H and O–H groups in total. The van der Waals surface area contributed by atoms with Crippen LogP contribution in [0.15, 0.2) is 30.5 Å². The summed E-state index contributed by atoms with van der Waals surface area (Å²) in [6.45, 7) is 4.93. The lowest BCUT2D eigenvalue weighted by Crippen LogP contribution is -2.24. The van der Waals surface area contributed by atoms with Gasteiger partial charge < -0.3 is 10.2 Å². The molecule has 0 aliphatic carbocycles. The summed E-state index contributed by atoms with van der Waals surface area (Å²) in [5.74, 6) is 0.599. The van der Waals surface area contributed by atoms with Gasteiger partial charge in [-0.25, -0.2) is 9.37 Å². The fraction of sp³-hybridized carbons (Fsp3) is 0.357. The molecule has 0 aliphatic rings. The molecule has 4 heteroatoms. The molecule has 1 aromatic heterocycles. The zero-order valence-corrected chi connectivity index (χ0v) is 10.8. The highest BCUT2D eigenvalue weighted by atomic mass is 19.1. The average Bonchev–Trinajstić information content (AvgIpc) is 2.38. The van der Waals surface area contributed by atoms with E-state index in [4.69, 9.17) is 0 Å². The topological polar surface area (TPSA) is 28.2 Å². The molecule has 0 spiro atoms. The van der Waals surface area contributed by atoms with Crippen molar-refractivity contribution in [2.24, 2.45) is 0 Å². The minimum atomic E-state index is -0.217. The maximum absolute atomic E-state index is 13.1.